The smallest absolute Gasteiger partial charge is 0.407 e. The van der Waals surface area contributed by atoms with Gasteiger partial charge in [-0.2, -0.15) is 0 Å². The molecule has 0 aliphatic carbocycles. The van der Waals surface area contributed by atoms with Crippen LogP contribution < -0.4 is 5.32 Å². The normalized spacial score (nSPS) is 12.5. The molecule has 2 rings (SSSR count). The number of ether oxygens (including phenoxy) is 2. The molecular weight excluding hydrogens is 384 g/mol. The van der Waals surface area contributed by atoms with Crippen molar-refractivity contribution in [2.24, 2.45) is 0 Å². The van der Waals surface area contributed by atoms with E-state index in [4.69, 9.17) is 4.74 Å². The number of methoxy groups -OCH3 is 1. The first-order valence-corrected chi connectivity index (χ1v) is 8.50. The van der Waals surface area contributed by atoms with Crippen LogP contribution in [-0.4, -0.2) is 47.0 Å². The fraction of sp³-hybridized carbons (Fsp3) is 0.263. The van der Waals surface area contributed by atoms with Crippen LogP contribution in [0, 0.1) is 10.1 Å². The third kappa shape index (κ3) is 5.99. The molecule has 2 aromatic carbocycles. The molecule has 0 radical (unpaired) electrons. The Hall–Kier alpha value is -3.50. The first kappa shape index (κ1) is 21.8. The van der Waals surface area contributed by atoms with Crippen LogP contribution in [0.1, 0.15) is 27.6 Å². The molecule has 29 heavy (non-hydrogen) atoms. The van der Waals surface area contributed by atoms with Crippen molar-refractivity contribution in [2.45, 2.75) is 18.8 Å². The highest BCUT2D eigenvalue weighted by Gasteiger charge is 2.28. The predicted molar refractivity (Wildman–Crippen MR) is 100 cm³/mol. The van der Waals surface area contributed by atoms with Crippen LogP contribution in [0.4, 0.5) is 10.5 Å². The van der Waals surface area contributed by atoms with Crippen LogP contribution in [-0.2, 0) is 16.1 Å². The molecule has 0 saturated carbocycles. The van der Waals surface area contributed by atoms with E-state index in [0.29, 0.717) is 0 Å². The van der Waals surface area contributed by atoms with Crippen LogP contribution in [0.15, 0.2) is 48.5 Å². The number of nitro groups is 1. The quantitative estimate of drug-likeness (QED) is 0.342. The summed E-state index contributed by atoms with van der Waals surface area (Å²) in [5.74, 6) is -0.780. The summed E-state index contributed by atoms with van der Waals surface area (Å²) in [6, 6.07) is 12.2. The molecule has 154 valence electrons. The van der Waals surface area contributed by atoms with Crippen LogP contribution in [0.2, 0.25) is 0 Å². The molecule has 0 bridgehead atoms. The van der Waals surface area contributed by atoms with E-state index in [0.717, 1.165) is 24.8 Å². The number of nitrogens with zero attached hydrogens (tertiary/aromatic N) is 1. The fourth-order valence-corrected chi connectivity index (χ4v) is 2.48. The minimum atomic E-state index is -1.68. The van der Waals surface area contributed by atoms with Gasteiger partial charge in [-0.15, -0.1) is 0 Å². The van der Waals surface area contributed by atoms with Gasteiger partial charge in [0.05, 0.1) is 23.2 Å². The van der Waals surface area contributed by atoms with E-state index < -0.39 is 41.4 Å². The first-order chi connectivity index (χ1) is 13.8. The number of rotatable bonds is 8. The van der Waals surface area contributed by atoms with Gasteiger partial charge in [-0.1, -0.05) is 30.3 Å². The van der Waals surface area contributed by atoms with Crippen molar-refractivity contribution in [1.82, 2.24) is 5.32 Å². The molecule has 0 fully saturated rings. The molecule has 0 aromatic heterocycles. The molecule has 1 amide bonds. The summed E-state index contributed by atoms with van der Waals surface area (Å²) < 4.78 is 9.48. The molecule has 0 aliphatic rings. The topological polar surface area (TPSA) is 148 Å². The van der Waals surface area contributed by atoms with Gasteiger partial charge in [-0.3, -0.25) is 10.1 Å². The molecule has 0 spiro atoms. The minimum Gasteiger partial charge on any atom is -0.465 e. The lowest BCUT2D eigenvalue weighted by atomic mass is 10.0. The van der Waals surface area contributed by atoms with Gasteiger partial charge in [0.2, 0.25) is 0 Å². The average Bonchev–Trinajstić information content (AvgIpc) is 2.75. The number of carbonyl (C=O) groups is 2. The second-order valence-electron chi connectivity index (χ2n) is 5.98. The Morgan fingerprint density at radius 3 is 2.48 bits per heavy atom. The van der Waals surface area contributed by atoms with Gasteiger partial charge in [-0.25, -0.2) is 9.59 Å². The van der Waals surface area contributed by atoms with Gasteiger partial charge in [0.25, 0.3) is 5.69 Å². The maximum atomic E-state index is 11.7. The van der Waals surface area contributed by atoms with Crippen molar-refractivity contribution >= 4 is 17.7 Å². The molecule has 0 heterocycles. The number of esters is 1. The van der Waals surface area contributed by atoms with E-state index in [1.54, 1.807) is 24.3 Å². The minimum absolute atomic E-state index is 0.0196. The zero-order valence-corrected chi connectivity index (χ0v) is 15.5. The lowest BCUT2D eigenvalue weighted by Crippen LogP contribution is -2.36. The molecule has 0 aliphatic heterocycles. The predicted octanol–water partition coefficient (Wildman–Crippen LogP) is 1.70. The highest BCUT2D eigenvalue weighted by molar-refractivity contribution is 5.90. The lowest BCUT2D eigenvalue weighted by molar-refractivity contribution is -0.386. The van der Waals surface area contributed by atoms with E-state index in [1.807, 2.05) is 6.07 Å². The number of amides is 1. The van der Waals surface area contributed by atoms with E-state index >= 15 is 0 Å². The first-order valence-electron chi connectivity index (χ1n) is 8.50. The van der Waals surface area contributed by atoms with Gasteiger partial charge in [0, 0.05) is 12.6 Å². The average molecular weight is 404 g/mol. The molecule has 2 atom stereocenters. The van der Waals surface area contributed by atoms with Gasteiger partial charge in [0.1, 0.15) is 18.8 Å². The molecule has 2 unspecified atom stereocenters. The summed E-state index contributed by atoms with van der Waals surface area (Å²) in [6.45, 7) is -0.392. The van der Waals surface area contributed by atoms with Gasteiger partial charge >= 0.3 is 12.1 Å². The number of nitrogens with one attached hydrogen (secondary N) is 1. The Morgan fingerprint density at radius 1 is 1.17 bits per heavy atom. The number of hydrogen-bond acceptors (Lipinski definition) is 8. The zero-order valence-electron chi connectivity index (χ0n) is 15.5. The Balaban J connectivity index is 1.98. The number of aliphatic hydroxyl groups excluding tert-OH is 2. The third-order valence-corrected chi connectivity index (χ3v) is 4.00. The number of benzene rings is 2. The van der Waals surface area contributed by atoms with Crippen molar-refractivity contribution in [3.8, 4) is 0 Å². The highest BCUT2D eigenvalue weighted by Crippen LogP contribution is 2.28. The largest absolute Gasteiger partial charge is 0.465 e. The van der Waals surface area contributed by atoms with Gasteiger partial charge in [0.15, 0.2) is 0 Å². The van der Waals surface area contributed by atoms with Crippen molar-refractivity contribution in [3.63, 3.8) is 0 Å². The Kier molecular flexibility index (Phi) is 7.63. The van der Waals surface area contributed by atoms with Crippen molar-refractivity contribution in [3.05, 3.63) is 75.3 Å². The van der Waals surface area contributed by atoms with Crippen molar-refractivity contribution in [1.29, 1.82) is 0 Å². The maximum Gasteiger partial charge on any atom is 0.407 e. The SMILES string of the molecule is COC(=O)c1ccc(C(O)C(O)CNC(=O)OCc2ccccc2)c([N+](=O)[O-])c1. The van der Waals surface area contributed by atoms with Crippen molar-refractivity contribution < 1.29 is 34.2 Å². The number of nitro benzene ring substituents is 1. The molecular formula is C19H20N2O8. The van der Waals surface area contributed by atoms with Crippen LogP contribution >= 0.6 is 0 Å². The highest BCUT2D eigenvalue weighted by atomic mass is 16.6. The molecule has 2 aromatic rings. The number of aliphatic hydroxyl groups is 2. The van der Waals surface area contributed by atoms with E-state index in [-0.39, 0.29) is 17.7 Å². The summed E-state index contributed by atoms with van der Waals surface area (Å²) >= 11 is 0. The summed E-state index contributed by atoms with van der Waals surface area (Å²) in [7, 11) is 1.13. The fourth-order valence-electron chi connectivity index (χ4n) is 2.48. The summed E-state index contributed by atoms with van der Waals surface area (Å²) in [6.07, 6.45) is -4.06. The standard InChI is InChI=1S/C19H20N2O8/c1-28-18(24)13-7-8-14(15(9-13)21(26)27)17(23)16(22)10-20-19(25)29-11-12-5-3-2-4-6-12/h2-9,16-17,22-23H,10-11H2,1H3,(H,20,25). The monoisotopic (exact) mass is 404 g/mol. The summed E-state index contributed by atoms with van der Waals surface area (Å²) in [5.41, 5.74) is -0.0856. The zero-order chi connectivity index (χ0) is 21.4. The molecule has 0 saturated heterocycles. The summed E-state index contributed by atoms with van der Waals surface area (Å²) in [4.78, 5) is 33.7. The Morgan fingerprint density at radius 2 is 1.86 bits per heavy atom. The Bertz CT molecular complexity index is 872. The van der Waals surface area contributed by atoms with E-state index in [1.165, 1.54) is 6.07 Å². The number of alkyl carbamates (subject to hydrolysis) is 1. The molecule has 10 heteroatoms. The Labute approximate surface area is 165 Å². The van der Waals surface area contributed by atoms with E-state index in [9.17, 15) is 29.9 Å². The van der Waals surface area contributed by atoms with Crippen LogP contribution in [0.25, 0.3) is 0 Å². The number of carbonyl (C=O) groups excluding carboxylic acids is 2. The van der Waals surface area contributed by atoms with Crippen LogP contribution in [0.5, 0.6) is 0 Å². The lowest BCUT2D eigenvalue weighted by Gasteiger charge is -2.19. The molecule has 3 N–H and O–H groups in total. The van der Waals surface area contributed by atoms with Crippen LogP contribution in [0.3, 0.4) is 0 Å². The third-order valence-electron chi connectivity index (χ3n) is 4.00. The second kappa shape index (κ2) is 10.2. The van der Waals surface area contributed by atoms with Gasteiger partial charge < -0.3 is 25.0 Å². The van der Waals surface area contributed by atoms with Crippen molar-refractivity contribution in [2.75, 3.05) is 13.7 Å². The number of hydrogen-bond donors (Lipinski definition) is 3. The van der Waals surface area contributed by atoms with E-state index in [2.05, 4.69) is 10.1 Å². The summed E-state index contributed by atoms with van der Waals surface area (Å²) in [5, 5.41) is 33.9. The van der Waals surface area contributed by atoms with Gasteiger partial charge in [-0.05, 0) is 17.7 Å². The molecule has 10 nitrogen and oxygen atoms in total. The second-order valence-corrected chi connectivity index (χ2v) is 5.98. The maximum absolute atomic E-state index is 11.7.